The number of piperidine rings is 1. The summed E-state index contributed by atoms with van der Waals surface area (Å²) in [5.41, 5.74) is 1.16. The number of aromatic nitrogens is 1. The maximum Gasteiger partial charge on any atom is 0.119 e. The number of benzene rings is 1. The van der Waals surface area contributed by atoms with Crippen LogP contribution < -0.4 is 10.1 Å². The van der Waals surface area contributed by atoms with Gasteiger partial charge in [-0.2, -0.15) is 0 Å². The minimum Gasteiger partial charge on any atom is -0.497 e. The minimum absolute atomic E-state index is 0.384. The molecule has 2 aromatic rings. The second-order valence-corrected chi connectivity index (χ2v) is 4.79. The number of hydrogen-bond donors (Lipinski definition) is 1. The Morgan fingerprint density at radius 1 is 1.28 bits per heavy atom. The van der Waals surface area contributed by atoms with Gasteiger partial charge in [0.15, 0.2) is 0 Å². The van der Waals surface area contributed by atoms with E-state index in [0.29, 0.717) is 6.04 Å². The topological polar surface area (TPSA) is 34.1 Å². The molecule has 1 aliphatic rings. The van der Waals surface area contributed by atoms with Crippen LogP contribution in [-0.2, 0) is 0 Å². The van der Waals surface area contributed by atoms with Crippen LogP contribution >= 0.6 is 0 Å². The van der Waals surface area contributed by atoms with Crippen LogP contribution in [-0.4, -0.2) is 18.6 Å². The van der Waals surface area contributed by atoms with Crippen LogP contribution in [0.5, 0.6) is 5.75 Å². The molecular weight excluding hydrogens is 224 g/mol. The van der Waals surface area contributed by atoms with Crippen molar-refractivity contribution in [1.82, 2.24) is 10.3 Å². The molecule has 1 aromatic heterocycles. The fourth-order valence-corrected chi connectivity index (χ4v) is 2.66. The minimum atomic E-state index is 0.384. The Hall–Kier alpha value is -1.61. The summed E-state index contributed by atoms with van der Waals surface area (Å²) >= 11 is 0. The third-order valence-corrected chi connectivity index (χ3v) is 3.64. The zero-order chi connectivity index (χ0) is 12.4. The summed E-state index contributed by atoms with van der Waals surface area (Å²) in [6.07, 6.45) is 5.62. The van der Waals surface area contributed by atoms with E-state index >= 15 is 0 Å². The van der Waals surface area contributed by atoms with Crippen LogP contribution in [0, 0.1) is 0 Å². The molecule has 1 aromatic carbocycles. The van der Waals surface area contributed by atoms with Crippen molar-refractivity contribution in [3.05, 3.63) is 36.2 Å². The van der Waals surface area contributed by atoms with Crippen molar-refractivity contribution >= 4 is 10.8 Å². The molecule has 1 atom stereocenters. The van der Waals surface area contributed by atoms with Gasteiger partial charge in [0.25, 0.3) is 0 Å². The highest BCUT2D eigenvalue weighted by Gasteiger charge is 2.18. The number of nitrogens with one attached hydrogen (secondary N) is 1. The lowest BCUT2D eigenvalue weighted by Crippen LogP contribution is -2.27. The molecule has 3 heteroatoms. The lowest BCUT2D eigenvalue weighted by atomic mass is 9.97. The Balaban J connectivity index is 2.09. The quantitative estimate of drug-likeness (QED) is 0.878. The Kier molecular flexibility index (Phi) is 3.15. The first-order valence-corrected chi connectivity index (χ1v) is 6.54. The number of hydrogen-bond acceptors (Lipinski definition) is 3. The maximum atomic E-state index is 5.32. The molecule has 3 rings (SSSR count). The molecule has 1 saturated heterocycles. The summed E-state index contributed by atoms with van der Waals surface area (Å²) in [6, 6.07) is 8.63. The van der Waals surface area contributed by atoms with Crippen molar-refractivity contribution in [2.24, 2.45) is 0 Å². The number of rotatable bonds is 2. The smallest absolute Gasteiger partial charge is 0.119 e. The van der Waals surface area contributed by atoms with Gasteiger partial charge in [-0.25, -0.2) is 0 Å². The average molecular weight is 242 g/mol. The van der Waals surface area contributed by atoms with E-state index in [9.17, 15) is 0 Å². The molecule has 0 spiro atoms. The predicted molar refractivity (Wildman–Crippen MR) is 72.9 cm³/mol. The molecule has 94 valence electrons. The lowest BCUT2D eigenvalue weighted by molar-refractivity contribution is 0.406. The molecule has 1 N–H and O–H groups in total. The van der Waals surface area contributed by atoms with Gasteiger partial charge in [-0.05, 0) is 43.0 Å². The van der Waals surface area contributed by atoms with Crippen molar-refractivity contribution in [3.63, 3.8) is 0 Å². The zero-order valence-electron chi connectivity index (χ0n) is 10.6. The highest BCUT2D eigenvalue weighted by atomic mass is 16.5. The highest BCUT2D eigenvalue weighted by molar-refractivity contribution is 5.86. The number of methoxy groups -OCH3 is 1. The van der Waals surface area contributed by atoms with Crippen LogP contribution in [0.4, 0.5) is 0 Å². The average Bonchev–Trinajstić information content (AvgIpc) is 2.47. The summed E-state index contributed by atoms with van der Waals surface area (Å²) < 4.78 is 5.32. The maximum absolute atomic E-state index is 5.32. The van der Waals surface area contributed by atoms with Crippen molar-refractivity contribution in [2.45, 2.75) is 25.3 Å². The van der Waals surface area contributed by atoms with E-state index in [4.69, 9.17) is 4.74 Å². The molecule has 0 radical (unpaired) electrons. The standard InChI is InChI=1S/C15H18N2O/c1-18-12-6-5-11-7-9-17-15(13(11)10-12)14-4-2-3-8-16-14/h5-7,9-10,14,16H,2-4,8H2,1H3. The highest BCUT2D eigenvalue weighted by Crippen LogP contribution is 2.29. The molecule has 0 amide bonds. The second kappa shape index (κ2) is 4.94. The first kappa shape index (κ1) is 11.5. The van der Waals surface area contributed by atoms with Gasteiger partial charge in [0, 0.05) is 11.6 Å². The van der Waals surface area contributed by atoms with Crippen LogP contribution in [0.15, 0.2) is 30.5 Å². The van der Waals surface area contributed by atoms with Gasteiger partial charge in [0.2, 0.25) is 0 Å². The van der Waals surface area contributed by atoms with Gasteiger partial charge in [0.05, 0.1) is 18.8 Å². The second-order valence-electron chi connectivity index (χ2n) is 4.79. The van der Waals surface area contributed by atoms with Crippen molar-refractivity contribution in [3.8, 4) is 5.75 Å². The summed E-state index contributed by atoms with van der Waals surface area (Å²) in [7, 11) is 1.70. The first-order valence-electron chi connectivity index (χ1n) is 6.54. The van der Waals surface area contributed by atoms with E-state index in [1.165, 1.54) is 30.0 Å². The Morgan fingerprint density at radius 2 is 2.22 bits per heavy atom. The Bertz CT molecular complexity index is 547. The van der Waals surface area contributed by atoms with Crippen molar-refractivity contribution < 1.29 is 4.74 Å². The largest absolute Gasteiger partial charge is 0.497 e. The number of pyridine rings is 1. The fraction of sp³-hybridized carbons (Fsp3) is 0.400. The molecule has 0 bridgehead atoms. The van der Waals surface area contributed by atoms with E-state index in [2.05, 4.69) is 28.5 Å². The summed E-state index contributed by atoms with van der Waals surface area (Å²) in [6.45, 7) is 1.09. The molecule has 2 heterocycles. The number of ether oxygens (including phenoxy) is 1. The van der Waals surface area contributed by atoms with E-state index in [0.717, 1.165) is 18.0 Å². The molecule has 18 heavy (non-hydrogen) atoms. The van der Waals surface area contributed by atoms with Crippen molar-refractivity contribution in [2.75, 3.05) is 13.7 Å². The molecule has 1 fully saturated rings. The molecule has 1 aliphatic heterocycles. The van der Waals surface area contributed by atoms with Gasteiger partial charge in [-0.15, -0.1) is 0 Å². The molecule has 1 unspecified atom stereocenters. The van der Waals surface area contributed by atoms with E-state index < -0.39 is 0 Å². The van der Waals surface area contributed by atoms with E-state index in [-0.39, 0.29) is 0 Å². The van der Waals surface area contributed by atoms with E-state index in [1.54, 1.807) is 7.11 Å². The van der Waals surface area contributed by atoms with Crippen LogP contribution in [0.25, 0.3) is 10.8 Å². The summed E-state index contributed by atoms with van der Waals surface area (Å²) in [5.74, 6) is 0.896. The van der Waals surface area contributed by atoms with Crippen LogP contribution in [0.1, 0.15) is 31.0 Å². The Labute approximate surface area is 107 Å². The Morgan fingerprint density at radius 3 is 3.00 bits per heavy atom. The third-order valence-electron chi connectivity index (χ3n) is 3.64. The third kappa shape index (κ3) is 2.06. The van der Waals surface area contributed by atoms with Gasteiger partial charge < -0.3 is 10.1 Å². The van der Waals surface area contributed by atoms with Gasteiger partial charge in [-0.1, -0.05) is 12.5 Å². The van der Waals surface area contributed by atoms with Gasteiger partial charge in [-0.3, -0.25) is 4.98 Å². The monoisotopic (exact) mass is 242 g/mol. The summed E-state index contributed by atoms with van der Waals surface area (Å²) in [4.78, 5) is 4.59. The molecular formula is C15H18N2O. The normalized spacial score (nSPS) is 19.9. The predicted octanol–water partition coefficient (Wildman–Crippen LogP) is 3.06. The summed E-state index contributed by atoms with van der Waals surface area (Å²) in [5, 5.41) is 6.00. The molecule has 0 aliphatic carbocycles. The van der Waals surface area contributed by atoms with E-state index in [1.807, 2.05) is 12.3 Å². The number of nitrogens with zero attached hydrogens (tertiary/aromatic N) is 1. The fourth-order valence-electron chi connectivity index (χ4n) is 2.66. The van der Waals surface area contributed by atoms with Crippen LogP contribution in [0.3, 0.4) is 0 Å². The zero-order valence-corrected chi connectivity index (χ0v) is 10.6. The first-order chi connectivity index (χ1) is 8.88. The molecule has 0 saturated carbocycles. The van der Waals surface area contributed by atoms with Gasteiger partial charge in [0.1, 0.15) is 5.75 Å². The number of fused-ring (bicyclic) bond motifs is 1. The van der Waals surface area contributed by atoms with Gasteiger partial charge >= 0.3 is 0 Å². The lowest BCUT2D eigenvalue weighted by Gasteiger charge is -2.24. The van der Waals surface area contributed by atoms with Crippen molar-refractivity contribution in [1.29, 1.82) is 0 Å². The SMILES string of the molecule is COc1ccc2ccnc(C3CCCCN3)c2c1. The van der Waals surface area contributed by atoms with Crippen LogP contribution in [0.2, 0.25) is 0 Å². The molecule has 3 nitrogen and oxygen atoms in total.